The zero-order valence-corrected chi connectivity index (χ0v) is 12.6. The molecule has 0 radical (unpaired) electrons. The molecule has 0 spiro atoms. The Labute approximate surface area is 135 Å². The van der Waals surface area contributed by atoms with Crippen LogP contribution in [-0.4, -0.2) is 0 Å². The maximum absolute atomic E-state index is 9.51. The molecule has 3 rings (SSSR count). The highest BCUT2D eigenvalue weighted by Crippen LogP contribution is 2.30. The van der Waals surface area contributed by atoms with Gasteiger partial charge in [-0.15, -0.1) is 0 Å². The zero-order valence-electron chi connectivity index (χ0n) is 12.6. The molecule has 1 aliphatic rings. The van der Waals surface area contributed by atoms with Crippen molar-refractivity contribution in [3.63, 3.8) is 0 Å². The Bertz CT molecular complexity index is 774. The van der Waals surface area contributed by atoms with Crippen molar-refractivity contribution in [2.45, 2.75) is 12.8 Å². The van der Waals surface area contributed by atoms with Gasteiger partial charge in [0.1, 0.15) is 0 Å². The molecular formula is C20H15N3. The van der Waals surface area contributed by atoms with E-state index in [1.165, 1.54) is 0 Å². The fourth-order valence-corrected chi connectivity index (χ4v) is 2.70. The van der Waals surface area contributed by atoms with E-state index >= 15 is 0 Å². The van der Waals surface area contributed by atoms with Crippen LogP contribution in [0.15, 0.2) is 71.8 Å². The van der Waals surface area contributed by atoms with Crippen LogP contribution in [0.3, 0.4) is 0 Å². The second kappa shape index (κ2) is 6.64. The van der Waals surface area contributed by atoms with Crippen LogP contribution in [0.5, 0.6) is 0 Å². The maximum atomic E-state index is 9.51. The van der Waals surface area contributed by atoms with E-state index in [9.17, 15) is 10.5 Å². The SMILES string of the molecule is N#CC1=C(c2ccccc2)NC(c2ccccc2)=C(C#N)CC1. The van der Waals surface area contributed by atoms with Crippen molar-refractivity contribution in [3.8, 4) is 12.1 Å². The quantitative estimate of drug-likeness (QED) is 0.902. The van der Waals surface area contributed by atoms with Crippen LogP contribution < -0.4 is 5.32 Å². The second-order valence-corrected chi connectivity index (χ2v) is 5.29. The molecule has 0 saturated heterocycles. The molecule has 0 atom stereocenters. The number of rotatable bonds is 2. The van der Waals surface area contributed by atoms with Crippen LogP contribution in [0.4, 0.5) is 0 Å². The first kappa shape index (κ1) is 14.6. The van der Waals surface area contributed by atoms with Gasteiger partial charge in [0.05, 0.1) is 34.7 Å². The lowest BCUT2D eigenvalue weighted by atomic mass is 10.0. The number of hydrogen-bond donors (Lipinski definition) is 1. The Hall–Kier alpha value is -3.30. The minimum Gasteiger partial charge on any atom is -0.353 e. The lowest BCUT2D eigenvalue weighted by Crippen LogP contribution is -2.13. The van der Waals surface area contributed by atoms with E-state index in [1.54, 1.807) is 0 Å². The third kappa shape index (κ3) is 3.00. The Morgan fingerprint density at radius 3 is 1.39 bits per heavy atom. The predicted octanol–water partition coefficient (Wildman–Crippen LogP) is 4.24. The van der Waals surface area contributed by atoms with Crippen LogP contribution in [0, 0.1) is 22.7 Å². The fourth-order valence-electron chi connectivity index (χ4n) is 2.70. The number of hydrogen-bond acceptors (Lipinski definition) is 3. The minimum atomic E-state index is 0.562. The summed E-state index contributed by atoms with van der Waals surface area (Å²) in [6, 6.07) is 24.1. The molecule has 2 aromatic rings. The van der Waals surface area contributed by atoms with E-state index in [2.05, 4.69) is 17.5 Å². The first-order chi connectivity index (χ1) is 11.3. The highest BCUT2D eigenvalue weighted by atomic mass is 14.9. The first-order valence-corrected chi connectivity index (χ1v) is 7.48. The van der Waals surface area contributed by atoms with Crippen molar-refractivity contribution in [2.24, 2.45) is 0 Å². The normalized spacial score (nSPS) is 14.5. The molecule has 0 amide bonds. The highest BCUT2D eigenvalue weighted by molar-refractivity contribution is 5.83. The van der Waals surface area contributed by atoms with Crippen LogP contribution in [0.25, 0.3) is 11.4 Å². The molecule has 0 fully saturated rings. The molecule has 0 aliphatic carbocycles. The van der Waals surface area contributed by atoms with Crippen LogP contribution in [-0.2, 0) is 0 Å². The molecule has 1 N–H and O–H groups in total. The summed E-state index contributed by atoms with van der Waals surface area (Å²) in [5.41, 5.74) is 4.84. The van der Waals surface area contributed by atoms with Crippen molar-refractivity contribution in [3.05, 3.63) is 82.9 Å². The summed E-state index contributed by atoms with van der Waals surface area (Å²) < 4.78 is 0. The summed E-state index contributed by atoms with van der Waals surface area (Å²) in [6.45, 7) is 0. The van der Waals surface area contributed by atoms with Crippen LogP contribution >= 0.6 is 0 Å². The number of nitrogens with one attached hydrogen (secondary N) is 1. The Morgan fingerprint density at radius 2 is 1.04 bits per heavy atom. The van der Waals surface area contributed by atoms with Crippen LogP contribution in [0.1, 0.15) is 24.0 Å². The van der Waals surface area contributed by atoms with Crippen molar-refractivity contribution < 1.29 is 0 Å². The van der Waals surface area contributed by atoms with Crippen LogP contribution in [0.2, 0.25) is 0 Å². The molecular weight excluding hydrogens is 282 g/mol. The Balaban J connectivity index is 2.13. The van der Waals surface area contributed by atoms with Gasteiger partial charge >= 0.3 is 0 Å². The Morgan fingerprint density at radius 1 is 0.652 bits per heavy atom. The average molecular weight is 297 g/mol. The summed E-state index contributed by atoms with van der Waals surface area (Å²) in [5.74, 6) is 0. The van der Waals surface area contributed by atoms with Crippen molar-refractivity contribution in [2.75, 3.05) is 0 Å². The van der Waals surface area contributed by atoms with Gasteiger partial charge in [-0.1, -0.05) is 60.7 Å². The van der Waals surface area contributed by atoms with Crippen molar-refractivity contribution in [1.29, 1.82) is 10.5 Å². The fraction of sp³-hybridized carbons (Fsp3) is 0.100. The van der Waals surface area contributed by atoms with Gasteiger partial charge in [-0.2, -0.15) is 10.5 Å². The molecule has 3 nitrogen and oxygen atoms in total. The van der Waals surface area contributed by atoms with E-state index in [0.717, 1.165) is 22.5 Å². The molecule has 1 heterocycles. The number of nitriles is 2. The van der Waals surface area contributed by atoms with E-state index in [-0.39, 0.29) is 0 Å². The topological polar surface area (TPSA) is 59.6 Å². The van der Waals surface area contributed by atoms with Gasteiger partial charge in [0.2, 0.25) is 0 Å². The molecule has 1 aliphatic heterocycles. The van der Waals surface area contributed by atoms with Gasteiger partial charge in [0.25, 0.3) is 0 Å². The van der Waals surface area contributed by atoms with Gasteiger partial charge in [0, 0.05) is 0 Å². The molecule has 2 aromatic carbocycles. The molecule has 23 heavy (non-hydrogen) atoms. The first-order valence-electron chi connectivity index (χ1n) is 7.48. The third-order valence-electron chi connectivity index (χ3n) is 3.87. The highest BCUT2D eigenvalue weighted by Gasteiger charge is 2.19. The average Bonchev–Trinajstić information content (AvgIpc) is 2.82. The zero-order chi connectivity index (χ0) is 16.1. The van der Waals surface area contributed by atoms with E-state index in [1.807, 2.05) is 60.7 Å². The summed E-state index contributed by atoms with van der Waals surface area (Å²) in [6.07, 6.45) is 1.12. The molecule has 110 valence electrons. The number of benzene rings is 2. The molecule has 3 heteroatoms. The standard InChI is InChI=1S/C20H15N3/c21-13-17-11-12-18(14-22)20(16-9-5-2-6-10-16)23-19(17)15-7-3-1-4-8-15/h1-10,23H,11-12H2. The minimum absolute atomic E-state index is 0.562. The van der Waals surface area contributed by atoms with E-state index in [0.29, 0.717) is 24.0 Å². The third-order valence-corrected chi connectivity index (χ3v) is 3.87. The van der Waals surface area contributed by atoms with E-state index < -0.39 is 0 Å². The van der Waals surface area contributed by atoms with Gasteiger partial charge < -0.3 is 5.32 Å². The maximum Gasteiger partial charge on any atom is 0.0969 e. The summed E-state index contributed by atoms with van der Waals surface area (Å²) in [5, 5.41) is 22.4. The van der Waals surface area contributed by atoms with Gasteiger partial charge in [-0.25, -0.2) is 0 Å². The summed E-state index contributed by atoms with van der Waals surface area (Å²) in [4.78, 5) is 0. The van der Waals surface area contributed by atoms with Gasteiger partial charge in [-0.3, -0.25) is 0 Å². The molecule has 0 bridgehead atoms. The van der Waals surface area contributed by atoms with Crippen molar-refractivity contribution >= 4 is 11.4 Å². The number of allylic oxidation sites excluding steroid dienone is 2. The summed E-state index contributed by atoms with van der Waals surface area (Å²) in [7, 11) is 0. The lowest BCUT2D eigenvalue weighted by Gasteiger charge is -2.15. The van der Waals surface area contributed by atoms with E-state index in [4.69, 9.17) is 0 Å². The molecule has 0 unspecified atom stereocenters. The number of nitrogens with zero attached hydrogens (tertiary/aromatic N) is 2. The van der Waals surface area contributed by atoms with Crippen molar-refractivity contribution in [1.82, 2.24) is 5.32 Å². The molecule has 0 aromatic heterocycles. The largest absolute Gasteiger partial charge is 0.353 e. The second-order valence-electron chi connectivity index (χ2n) is 5.29. The summed E-state index contributed by atoms with van der Waals surface area (Å²) >= 11 is 0. The smallest absolute Gasteiger partial charge is 0.0969 e. The van der Waals surface area contributed by atoms with Gasteiger partial charge in [0.15, 0.2) is 0 Å². The predicted molar refractivity (Wildman–Crippen MR) is 90.3 cm³/mol. The Kier molecular flexibility index (Phi) is 4.22. The van der Waals surface area contributed by atoms with Gasteiger partial charge in [-0.05, 0) is 24.0 Å². The lowest BCUT2D eigenvalue weighted by molar-refractivity contribution is 0.988. The monoisotopic (exact) mass is 297 g/mol. The molecule has 0 saturated carbocycles.